The highest BCUT2D eigenvalue weighted by atomic mass is 32.2. The summed E-state index contributed by atoms with van der Waals surface area (Å²) in [6, 6.07) is 5.71. The molecule has 3 aliphatic carbocycles. The average Bonchev–Trinajstić information content (AvgIpc) is 2.89. The van der Waals surface area contributed by atoms with Crippen LogP contribution in [0, 0.1) is 17.3 Å². The number of hydrogen-bond donors (Lipinski definition) is 0. The maximum Gasteiger partial charge on any atom is 0.384 e. The van der Waals surface area contributed by atoms with E-state index >= 15 is 0 Å². The van der Waals surface area contributed by atoms with Crippen LogP contribution in [0.25, 0.3) is 0 Å². The average molecular weight is 378 g/mol. The molecule has 1 aromatic rings. The highest BCUT2D eigenvalue weighted by Gasteiger charge is 2.54. The predicted octanol–water partition coefficient (Wildman–Crippen LogP) is 3.30. The topological polar surface area (TPSA) is 63.7 Å². The Labute approximate surface area is 156 Å². The Kier molecular flexibility index (Phi) is 4.19. The first-order valence-corrected chi connectivity index (χ1v) is 10.9. The quantitative estimate of drug-likeness (QED) is 0.811. The van der Waals surface area contributed by atoms with Gasteiger partial charge in [-0.2, -0.15) is 12.7 Å². The van der Waals surface area contributed by atoms with Gasteiger partial charge in [0.25, 0.3) is 0 Å². The first-order chi connectivity index (χ1) is 12.2. The minimum atomic E-state index is -3.73. The fraction of sp³-hybridized carbons (Fsp3) is 0.650. The maximum atomic E-state index is 12.4. The SMILES string of the molecule is CN(C)S(=O)(=O)Oc1ccc2c(c1)CCC1C2CCC2(C)C(=O)CCC12. The van der Waals surface area contributed by atoms with Gasteiger partial charge in [0.15, 0.2) is 0 Å². The van der Waals surface area contributed by atoms with E-state index in [1.165, 1.54) is 25.2 Å². The largest absolute Gasteiger partial charge is 0.384 e. The van der Waals surface area contributed by atoms with E-state index in [0.717, 1.165) is 42.8 Å². The van der Waals surface area contributed by atoms with Crippen LogP contribution >= 0.6 is 0 Å². The van der Waals surface area contributed by atoms with Gasteiger partial charge in [-0.3, -0.25) is 4.79 Å². The third-order valence-electron chi connectivity index (χ3n) is 7.06. The molecule has 4 atom stereocenters. The van der Waals surface area contributed by atoms with E-state index in [9.17, 15) is 13.2 Å². The molecule has 5 nitrogen and oxygen atoms in total. The number of Topliss-reactive ketones (excluding diaryl/α,β-unsaturated/α-hetero) is 1. The van der Waals surface area contributed by atoms with E-state index in [2.05, 4.69) is 6.92 Å². The third-order valence-corrected chi connectivity index (χ3v) is 8.35. The second-order valence-corrected chi connectivity index (χ2v) is 10.3. The predicted molar refractivity (Wildman–Crippen MR) is 99.3 cm³/mol. The molecule has 26 heavy (non-hydrogen) atoms. The molecule has 0 N–H and O–H groups in total. The lowest BCUT2D eigenvalue weighted by molar-refractivity contribution is -0.129. The van der Waals surface area contributed by atoms with Gasteiger partial charge >= 0.3 is 10.3 Å². The minimum Gasteiger partial charge on any atom is -0.371 e. The van der Waals surface area contributed by atoms with E-state index in [1.807, 2.05) is 12.1 Å². The molecule has 2 saturated carbocycles. The van der Waals surface area contributed by atoms with Gasteiger partial charge in [-0.05, 0) is 73.1 Å². The van der Waals surface area contributed by atoms with Crippen LogP contribution in [0.1, 0.15) is 56.1 Å². The summed E-state index contributed by atoms with van der Waals surface area (Å²) in [4.78, 5) is 12.4. The summed E-state index contributed by atoms with van der Waals surface area (Å²) >= 11 is 0. The number of fused-ring (bicyclic) bond motifs is 5. The van der Waals surface area contributed by atoms with Crippen LogP contribution in [-0.4, -0.2) is 32.6 Å². The van der Waals surface area contributed by atoms with E-state index < -0.39 is 10.3 Å². The van der Waals surface area contributed by atoms with E-state index in [0.29, 0.717) is 29.3 Å². The van der Waals surface area contributed by atoms with Gasteiger partial charge in [0, 0.05) is 25.9 Å². The Hall–Kier alpha value is -1.40. The van der Waals surface area contributed by atoms with Crippen molar-refractivity contribution in [3.8, 4) is 5.75 Å². The number of hydrogen-bond acceptors (Lipinski definition) is 4. The number of rotatable bonds is 3. The summed E-state index contributed by atoms with van der Waals surface area (Å²) in [6.45, 7) is 2.18. The summed E-state index contributed by atoms with van der Waals surface area (Å²) in [5, 5.41) is 0. The molecule has 0 aliphatic heterocycles. The van der Waals surface area contributed by atoms with Crippen molar-refractivity contribution in [1.82, 2.24) is 4.31 Å². The molecule has 0 aromatic heterocycles. The molecule has 4 unspecified atom stereocenters. The van der Waals surface area contributed by atoms with Crippen molar-refractivity contribution in [2.24, 2.45) is 17.3 Å². The standard InChI is InChI=1S/C20H27NO4S/c1-20-11-10-16-15-7-5-14(25-26(23,24)21(2)3)12-13(15)4-6-17(16)18(20)8-9-19(20)22/h5,7,12,16-18H,4,6,8-11H2,1-3H3. The second kappa shape index (κ2) is 6.06. The molecule has 0 amide bonds. The molecular formula is C20H27NO4S. The zero-order valence-corrected chi connectivity index (χ0v) is 16.5. The lowest BCUT2D eigenvalue weighted by Crippen LogP contribution is -2.42. The molecule has 0 saturated heterocycles. The Bertz CT molecular complexity index is 847. The number of carbonyl (C=O) groups excluding carboxylic acids is 1. The molecule has 142 valence electrons. The van der Waals surface area contributed by atoms with Gasteiger partial charge in [-0.15, -0.1) is 0 Å². The van der Waals surface area contributed by atoms with Crippen molar-refractivity contribution in [2.45, 2.75) is 51.4 Å². The summed E-state index contributed by atoms with van der Waals surface area (Å²) in [5.41, 5.74) is 2.42. The zero-order chi connectivity index (χ0) is 18.7. The molecule has 0 bridgehead atoms. The van der Waals surface area contributed by atoms with Gasteiger partial charge in [0.2, 0.25) is 0 Å². The fourth-order valence-electron chi connectivity index (χ4n) is 5.58. The number of aryl methyl sites for hydroxylation is 1. The van der Waals surface area contributed by atoms with Crippen molar-refractivity contribution >= 4 is 16.1 Å². The molecule has 0 radical (unpaired) electrons. The molecule has 0 spiro atoms. The van der Waals surface area contributed by atoms with Crippen molar-refractivity contribution in [3.63, 3.8) is 0 Å². The Morgan fingerprint density at radius 3 is 2.65 bits per heavy atom. The Morgan fingerprint density at radius 1 is 1.15 bits per heavy atom. The summed E-state index contributed by atoms with van der Waals surface area (Å²) in [5.74, 6) is 2.41. The van der Waals surface area contributed by atoms with Gasteiger partial charge in [-0.1, -0.05) is 13.0 Å². The molecule has 6 heteroatoms. The number of nitrogens with zero attached hydrogens (tertiary/aromatic N) is 1. The molecular weight excluding hydrogens is 350 g/mol. The normalized spacial score (nSPS) is 33.5. The van der Waals surface area contributed by atoms with E-state index in [1.54, 1.807) is 6.07 Å². The minimum absolute atomic E-state index is 0.110. The van der Waals surface area contributed by atoms with E-state index in [4.69, 9.17) is 4.18 Å². The molecule has 2 fully saturated rings. The van der Waals surface area contributed by atoms with Gasteiger partial charge in [0.05, 0.1) is 0 Å². The monoisotopic (exact) mass is 377 g/mol. The summed E-state index contributed by atoms with van der Waals surface area (Å²) < 4.78 is 30.2. The van der Waals surface area contributed by atoms with Crippen LogP contribution < -0.4 is 4.18 Å². The molecule has 3 aliphatic rings. The number of carbonyl (C=O) groups is 1. The van der Waals surface area contributed by atoms with E-state index in [-0.39, 0.29) is 5.41 Å². The summed E-state index contributed by atoms with van der Waals surface area (Å²) in [6.07, 6.45) is 5.81. The molecule has 0 heterocycles. The van der Waals surface area contributed by atoms with Gasteiger partial charge in [0.1, 0.15) is 11.5 Å². The summed E-state index contributed by atoms with van der Waals surface area (Å²) in [7, 11) is -0.814. The van der Waals surface area contributed by atoms with Crippen molar-refractivity contribution in [1.29, 1.82) is 0 Å². The van der Waals surface area contributed by atoms with Gasteiger partial charge in [-0.25, -0.2) is 0 Å². The first-order valence-electron chi connectivity index (χ1n) is 9.50. The fourth-order valence-corrected chi connectivity index (χ4v) is 6.07. The molecule has 4 rings (SSSR count). The lowest BCUT2D eigenvalue weighted by Gasteiger charge is -2.48. The van der Waals surface area contributed by atoms with Crippen LogP contribution in [0.5, 0.6) is 5.75 Å². The molecule has 1 aromatic carbocycles. The highest BCUT2D eigenvalue weighted by Crippen LogP contribution is 2.59. The highest BCUT2D eigenvalue weighted by molar-refractivity contribution is 7.84. The van der Waals surface area contributed by atoms with Gasteiger partial charge < -0.3 is 4.18 Å². The van der Waals surface area contributed by atoms with Crippen molar-refractivity contribution < 1.29 is 17.4 Å². The maximum absolute atomic E-state index is 12.4. The second-order valence-electron chi connectivity index (χ2n) is 8.52. The third kappa shape index (κ3) is 2.69. The zero-order valence-electron chi connectivity index (χ0n) is 15.7. The van der Waals surface area contributed by atoms with Crippen LogP contribution in [0.4, 0.5) is 0 Å². The number of benzene rings is 1. The van der Waals surface area contributed by atoms with Crippen molar-refractivity contribution in [2.75, 3.05) is 14.1 Å². The number of ketones is 1. The van der Waals surface area contributed by atoms with Crippen molar-refractivity contribution in [3.05, 3.63) is 29.3 Å². The Morgan fingerprint density at radius 2 is 1.92 bits per heavy atom. The van der Waals surface area contributed by atoms with Crippen LogP contribution in [0.15, 0.2) is 18.2 Å². The van der Waals surface area contributed by atoms with Crippen LogP contribution in [0.2, 0.25) is 0 Å². The first kappa shape index (κ1) is 18.0. The van der Waals surface area contributed by atoms with Crippen LogP contribution in [0.3, 0.4) is 0 Å². The smallest absolute Gasteiger partial charge is 0.371 e. The Balaban J connectivity index is 1.61. The lowest BCUT2D eigenvalue weighted by atomic mass is 9.55. The van der Waals surface area contributed by atoms with Crippen LogP contribution in [-0.2, 0) is 21.5 Å².